The average molecular weight is 447 g/mol. The van der Waals surface area contributed by atoms with Crippen LogP contribution in [-0.2, 0) is 10.2 Å². The van der Waals surface area contributed by atoms with Crippen LogP contribution in [0.4, 0.5) is 4.39 Å². The maximum Gasteiger partial charge on any atom is 0.225 e. The van der Waals surface area contributed by atoms with E-state index in [9.17, 15) is 9.18 Å². The molecule has 1 aromatic rings. The number of hydrogen-bond donors (Lipinski definition) is 2. The molecule has 2 saturated carbocycles. The van der Waals surface area contributed by atoms with Crippen LogP contribution in [0.1, 0.15) is 51.0 Å². The van der Waals surface area contributed by atoms with Crippen LogP contribution < -0.4 is 10.6 Å². The third kappa shape index (κ3) is 5.54. The van der Waals surface area contributed by atoms with Gasteiger partial charge in [0, 0.05) is 48.5 Å². The van der Waals surface area contributed by atoms with Crippen molar-refractivity contribution < 1.29 is 9.18 Å². The minimum absolute atomic E-state index is 0.122. The van der Waals surface area contributed by atoms with Crippen LogP contribution in [0.2, 0.25) is 0 Å². The number of rotatable bonds is 6. The van der Waals surface area contributed by atoms with Gasteiger partial charge in [0.2, 0.25) is 5.91 Å². The van der Waals surface area contributed by atoms with Crippen molar-refractivity contribution in [2.75, 3.05) is 37.7 Å². The second kappa shape index (κ2) is 10.2. The maximum atomic E-state index is 14.3. The fraction of sp³-hybridized carbons (Fsp3) is 0.667. The van der Waals surface area contributed by atoms with Crippen molar-refractivity contribution in [1.29, 1.82) is 0 Å². The summed E-state index contributed by atoms with van der Waals surface area (Å²) in [7, 11) is 0. The molecule has 7 heteroatoms. The Morgan fingerprint density at radius 3 is 2.55 bits per heavy atom. The fourth-order valence-corrected chi connectivity index (χ4v) is 5.73. The van der Waals surface area contributed by atoms with Gasteiger partial charge < -0.3 is 15.5 Å². The molecule has 1 amide bonds. The van der Waals surface area contributed by atoms with E-state index >= 15 is 0 Å². The van der Waals surface area contributed by atoms with Gasteiger partial charge in [0.1, 0.15) is 5.82 Å². The molecule has 1 aliphatic heterocycles. The summed E-state index contributed by atoms with van der Waals surface area (Å²) >= 11 is 1.94. The molecule has 2 aliphatic carbocycles. The van der Waals surface area contributed by atoms with Gasteiger partial charge >= 0.3 is 0 Å². The van der Waals surface area contributed by atoms with Crippen LogP contribution in [0.3, 0.4) is 0 Å². The summed E-state index contributed by atoms with van der Waals surface area (Å²) in [5, 5.41) is 6.93. The largest absolute Gasteiger partial charge is 0.357 e. The van der Waals surface area contributed by atoms with Gasteiger partial charge in [0.05, 0.1) is 6.54 Å². The Morgan fingerprint density at radius 2 is 1.90 bits per heavy atom. The molecule has 170 valence electrons. The molecule has 1 saturated heterocycles. The second-order valence-corrected chi connectivity index (χ2v) is 10.3. The fourth-order valence-electron chi connectivity index (χ4n) is 4.83. The van der Waals surface area contributed by atoms with Gasteiger partial charge in [-0.15, -0.1) is 0 Å². The van der Waals surface area contributed by atoms with Crippen molar-refractivity contribution in [2.45, 2.75) is 56.9 Å². The molecule has 1 aromatic carbocycles. The van der Waals surface area contributed by atoms with Crippen LogP contribution in [-0.4, -0.2) is 60.5 Å². The monoisotopic (exact) mass is 446 g/mol. The van der Waals surface area contributed by atoms with Crippen molar-refractivity contribution in [3.63, 3.8) is 0 Å². The quantitative estimate of drug-likeness (QED) is 0.518. The Bertz CT molecular complexity index is 784. The van der Waals surface area contributed by atoms with Crippen molar-refractivity contribution in [3.8, 4) is 0 Å². The molecular formula is C24H35FN4OS. The van der Waals surface area contributed by atoms with Crippen molar-refractivity contribution in [3.05, 3.63) is 35.6 Å². The molecule has 3 fully saturated rings. The highest BCUT2D eigenvalue weighted by Gasteiger charge is 2.45. The smallest absolute Gasteiger partial charge is 0.225 e. The number of benzene rings is 1. The topological polar surface area (TPSA) is 56.7 Å². The van der Waals surface area contributed by atoms with E-state index in [0.29, 0.717) is 18.5 Å². The first-order valence-corrected chi connectivity index (χ1v) is 12.9. The number of guanidine groups is 1. The maximum absolute atomic E-state index is 14.3. The Labute approximate surface area is 189 Å². The minimum atomic E-state index is -0.148. The first kappa shape index (κ1) is 22.4. The van der Waals surface area contributed by atoms with Crippen LogP contribution in [0.25, 0.3) is 0 Å². The van der Waals surface area contributed by atoms with Gasteiger partial charge in [-0.05, 0) is 57.1 Å². The molecule has 0 aromatic heterocycles. The molecule has 0 spiro atoms. The zero-order valence-electron chi connectivity index (χ0n) is 18.5. The lowest BCUT2D eigenvalue weighted by Crippen LogP contribution is -2.47. The number of aliphatic imine (C=N–C) groups is 1. The van der Waals surface area contributed by atoms with E-state index in [1.807, 2.05) is 23.9 Å². The molecule has 0 unspecified atom stereocenters. The lowest BCUT2D eigenvalue weighted by atomic mass is 9.85. The molecule has 3 aliphatic rings. The Kier molecular flexibility index (Phi) is 7.41. The molecular weight excluding hydrogens is 411 g/mol. The highest BCUT2D eigenvalue weighted by atomic mass is 32.2. The van der Waals surface area contributed by atoms with Gasteiger partial charge in [-0.3, -0.25) is 9.79 Å². The SMILES string of the molecule is CCNC(=NCC1(c2ccccc2F)CC1)NC1CCC(C(=O)N2CCSCC2)CC1. The third-order valence-corrected chi connectivity index (χ3v) is 7.87. The summed E-state index contributed by atoms with van der Waals surface area (Å²) in [6.45, 7) is 5.27. The van der Waals surface area contributed by atoms with Crippen LogP contribution in [0, 0.1) is 11.7 Å². The molecule has 4 rings (SSSR count). The average Bonchev–Trinajstić information content (AvgIpc) is 3.59. The molecule has 2 N–H and O–H groups in total. The number of hydrogen-bond acceptors (Lipinski definition) is 3. The molecule has 5 nitrogen and oxygen atoms in total. The van der Waals surface area contributed by atoms with E-state index in [0.717, 1.165) is 81.2 Å². The molecule has 1 heterocycles. The molecule has 0 bridgehead atoms. The van der Waals surface area contributed by atoms with Crippen LogP contribution in [0.5, 0.6) is 0 Å². The summed E-state index contributed by atoms with van der Waals surface area (Å²) in [5.74, 6) is 3.37. The summed E-state index contributed by atoms with van der Waals surface area (Å²) in [5.41, 5.74) is 0.648. The summed E-state index contributed by atoms with van der Waals surface area (Å²) in [6, 6.07) is 7.44. The van der Waals surface area contributed by atoms with Gasteiger partial charge in [0.15, 0.2) is 5.96 Å². The van der Waals surface area contributed by atoms with E-state index in [1.54, 1.807) is 12.1 Å². The first-order chi connectivity index (χ1) is 15.1. The lowest BCUT2D eigenvalue weighted by Gasteiger charge is -2.34. The molecule has 31 heavy (non-hydrogen) atoms. The van der Waals surface area contributed by atoms with Gasteiger partial charge in [0.25, 0.3) is 0 Å². The minimum Gasteiger partial charge on any atom is -0.357 e. The van der Waals surface area contributed by atoms with E-state index in [1.165, 1.54) is 0 Å². The summed E-state index contributed by atoms with van der Waals surface area (Å²) in [4.78, 5) is 19.7. The third-order valence-electron chi connectivity index (χ3n) is 6.92. The van der Waals surface area contributed by atoms with Crippen molar-refractivity contribution in [1.82, 2.24) is 15.5 Å². The predicted molar refractivity (Wildman–Crippen MR) is 126 cm³/mol. The van der Waals surface area contributed by atoms with E-state index in [-0.39, 0.29) is 17.2 Å². The molecule has 0 radical (unpaired) electrons. The number of halogens is 1. The Morgan fingerprint density at radius 1 is 1.19 bits per heavy atom. The van der Waals surface area contributed by atoms with Crippen molar-refractivity contribution >= 4 is 23.6 Å². The summed E-state index contributed by atoms with van der Waals surface area (Å²) < 4.78 is 14.3. The van der Waals surface area contributed by atoms with Gasteiger partial charge in [-0.2, -0.15) is 11.8 Å². The Balaban J connectivity index is 1.31. The zero-order chi connectivity index (χ0) is 21.7. The number of carbonyl (C=O) groups excluding carboxylic acids is 1. The zero-order valence-corrected chi connectivity index (χ0v) is 19.4. The lowest BCUT2D eigenvalue weighted by molar-refractivity contribution is -0.136. The van der Waals surface area contributed by atoms with E-state index in [2.05, 4.69) is 22.5 Å². The second-order valence-electron chi connectivity index (χ2n) is 9.09. The standard InChI is InChI=1S/C24H35FN4OS/c1-2-26-23(27-17-24(11-12-24)20-5-3-4-6-21(20)25)28-19-9-7-18(8-10-19)22(30)29-13-15-31-16-14-29/h3-6,18-19H,2,7-17H2,1H3,(H2,26,27,28). The highest BCUT2D eigenvalue weighted by molar-refractivity contribution is 7.99. The van der Waals surface area contributed by atoms with Gasteiger partial charge in [-0.1, -0.05) is 18.2 Å². The number of nitrogens with one attached hydrogen (secondary N) is 2. The van der Waals surface area contributed by atoms with E-state index in [4.69, 9.17) is 4.99 Å². The van der Waals surface area contributed by atoms with Gasteiger partial charge in [-0.25, -0.2) is 4.39 Å². The number of amides is 1. The van der Waals surface area contributed by atoms with Crippen molar-refractivity contribution in [2.24, 2.45) is 10.9 Å². The highest BCUT2D eigenvalue weighted by Crippen LogP contribution is 2.49. The summed E-state index contributed by atoms with van der Waals surface area (Å²) in [6.07, 6.45) is 5.83. The first-order valence-electron chi connectivity index (χ1n) is 11.8. The normalized spacial score (nSPS) is 25.7. The number of nitrogens with zero attached hydrogens (tertiary/aromatic N) is 2. The predicted octanol–water partition coefficient (Wildman–Crippen LogP) is 3.55. The number of carbonyl (C=O) groups is 1. The number of thioether (sulfide) groups is 1. The van der Waals surface area contributed by atoms with Crippen LogP contribution in [0.15, 0.2) is 29.3 Å². The Hall–Kier alpha value is -1.76. The van der Waals surface area contributed by atoms with Crippen LogP contribution >= 0.6 is 11.8 Å². The van der Waals surface area contributed by atoms with E-state index < -0.39 is 0 Å². The molecule has 0 atom stereocenters.